The van der Waals surface area contributed by atoms with Crippen LogP contribution in [0.15, 0.2) is 18.3 Å². The summed E-state index contributed by atoms with van der Waals surface area (Å²) in [7, 11) is 0. The van der Waals surface area contributed by atoms with E-state index >= 15 is 0 Å². The first-order valence-corrected chi connectivity index (χ1v) is 6.93. The zero-order valence-electron chi connectivity index (χ0n) is 11.1. The number of anilines is 1. The summed E-state index contributed by atoms with van der Waals surface area (Å²) < 4.78 is 0. The van der Waals surface area contributed by atoms with Gasteiger partial charge >= 0.3 is 0 Å². The summed E-state index contributed by atoms with van der Waals surface area (Å²) in [4.78, 5) is 15.6. The number of carbonyl (C=O) groups excluding carboxylic acids is 1. The Balaban J connectivity index is 2.11. The highest BCUT2D eigenvalue weighted by Gasteiger charge is 2.23. The maximum absolute atomic E-state index is 11.4. The number of rotatable bonds is 5. The van der Waals surface area contributed by atoms with Crippen LogP contribution in [-0.2, 0) is 0 Å². The average Bonchev–Trinajstić information content (AvgIpc) is 2.46. The molecule has 104 valence electrons. The molecule has 19 heavy (non-hydrogen) atoms. The maximum atomic E-state index is 11.4. The first-order valence-electron chi connectivity index (χ1n) is 6.93. The normalized spacial score (nSPS) is 17.9. The number of nitrogens with zero attached hydrogens (tertiary/aromatic N) is 1. The SMILES string of the molecule is NCC(Nc1ncccc1C(N)=O)C1CCCCC1. The second-order valence-corrected chi connectivity index (χ2v) is 5.15. The van der Waals surface area contributed by atoms with Crippen LogP contribution in [0.4, 0.5) is 5.82 Å². The van der Waals surface area contributed by atoms with Gasteiger partial charge in [-0.3, -0.25) is 4.79 Å². The van der Waals surface area contributed by atoms with Crippen LogP contribution in [0.5, 0.6) is 0 Å². The first kappa shape index (κ1) is 13.8. The number of nitrogens with two attached hydrogens (primary N) is 2. The van der Waals surface area contributed by atoms with Crippen LogP contribution in [0.3, 0.4) is 0 Å². The molecule has 0 bridgehead atoms. The van der Waals surface area contributed by atoms with Crippen LogP contribution in [0, 0.1) is 5.92 Å². The molecule has 1 aliphatic carbocycles. The fourth-order valence-electron chi connectivity index (χ4n) is 2.80. The number of hydrogen-bond donors (Lipinski definition) is 3. The predicted octanol–water partition coefficient (Wildman–Crippen LogP) is 1.50. The van der Waals surface area contributed by atoms with E-state index in [1.165, 1.54) is 32.1 Å². The number of aromatic nitrogens is 1. The topological polar surface area (TPSA) is 94.0 Å². The number of pyridine rings is 1. The molecule has 1 amide bonds. The Labute approximate surface area is 113 Å². The van der Waals surface area contributed by atoms with Gasteiger partial charge in [0.15, 0.2) is 0 Å². The van der Waals surface area contributed by atoms with Crippen molar-refractivity contribution in [2.45, 2.75) is 38.1 Å². The molecule has 1 aromatic heterocycles. The molecular formula is C14H22N4O. The summed E-state index contributed by atoms with van der Waals surface area (Å²) in [5.74, 6) is 0.646. The Morgan fingerprint density at radius 1 is 1.42 bits per heavy atom. The van der Waals surface area contributed by atoms with Crippen LogP contribution < -0.4 is 16.8 Å². The lowest BCUT2D eigenvalue weighted by molar-refractivity contribution is 0.100. The van der Waals surface area contributed by atoms with Crippen LogP contribution in [0.1, 0.15) is 42.5 Å². The Kier molecular flexibility index (Phi) is 4.74. The van der Waals surface area contributed by atoms with Crippen molar-refractivity contribution in [2.24, 2.45) is 17.4 Å². The molecule has 1 heterocycles. The van der Waals surface area contributed by atoms with E-state index in [0.717, 1.165) is 0 Å². The van der Waals surface area contributed by atoms with E-state index in [4.69, 9.17) is 11.5 Å². The van der Waals surface area contributed by atoms with Crippen molar-refractivity contribution in [2.75, 3.05) is 11.9 Å². The molecule has 0 spiro atoms. The second-order valence-electron chi connectivity index (χ2n) is 5.15. The van der Waals surface area contributed by atoms with Crippen molar-refractivity contribution in [3.05, 3.63) is 23.9 Å². The van der Waals surface area contributed by atoms with Gasteiger partial charge in [0, 0.05) is 18.8 Å². The highest BCUT2D eigenvalue weighted by atomic mass is 16.1. The minimum absolute atomic E-state index is 0.160. The number of primary amides is 1. The molecule has 0 saturated heterocycles. The zero-order chi connectivity index (χ0) is 13.7. The van der Waals surface area contributed by atoms with Gasteiger partial charge < -0.3 is 16.8 Å². The fourth-order valence-corrected chi connectivity index (χ4v) is 2.80. The number of carbonyl (C=O) groups is 1. The molecule has 5 heteroatoms. The van der Waals surface area contributed by atoms with Gasteiger partial charge in [-0.25, -0.2) is 4.98 Å². The Hall–Kier alpha value is -1.62. The number of amides is 1. The third-order valence-corrected chi connectivity index (χ3v) is 3.87. The Morgan fingerprint density at radius 3 is 2.79 bits per heavy atom. The highest BCUT2D eigenvalue weighted by molar-refractivity contribution is 5.97. The standard InChI is InChI=1S/C14H22N4O/c15-9-12(10-5-2-1-3-6-10)18-14-11(13(16)19)7-4-8-17-14/h4,7-8,10,12H,1-3,5-6,9,15H2,(H2,16,19)(H,17,18). The van der Waals surface area contributed by atoms with E-state index in [1.54, 1.807) is 18.3 Å². The smallest absolute Gasteiger partial charge is 0.252 e. The van der Waals surface area contributed by atoms with Gasteiger partial charge in [-0.2, -0.15) is 0 Å². The molecule has 0 radical (unpaired) electrons. The van der Waals surface area contributed by atoms with E-state index in [0.29, 0.717) is 23.8 Å². The van der Waals surface area contributed by atoms with Gasteiger partial charge in [0.1, 0.15) is 5.82 Å². The van der Waals surface area contributed by atoms with Gasteiger partial charge in [-0.1, -0.05) is 19.3 Å². The molecule has 1 aliphatic rings. The van der Waals surface area contributed by atoms with Crippen LogP contribution in [0.25, 0.3) is 0 Å². The van der Waals surface area contributed by atoms with E-state index in [-0.39, 0.29) is 6.04 Å². The third kappa shape index (κ3) is 3.44. The summed E-state index contributed by atoms with van der Waals surface area (Å²) in [5.41, 5.74) is 11.7. The number of nitrogens with one attached hydrogen (secondary N) is 1. The molecule has 1 saturated carbocycles. The van der Waals surface area contributed by atoms with Gasteiger partial charge in [-0.05, 0) is 30.9 Å². The molecule has 1 unspecified atom stereocenters. The zero-order valence-corrected chi connectivity index (χ0v) is 11.1. The molecule has 1 fully saturated rings. The highest BCUT2D eigenvalue weighted by Crippen LogP contribution is 2.28. The Bertz CT molecular complexity index is 429. The molecular weight excluding hydrogens is 240 g/mol. The van der Waals surface area contributed by atoms with Crippen LogP contribution in [0.2, 0.25) is 0 Å². The minimum Gasteiger partial charge on any atom is -0.365 e. The van der Waals surface area contributed by atoms with Crippen LogP contribution >= 0.6 is 0 Å². The lowest BCUT2D eigenvalue weighted by Crippen LogP contribution is -2.38. The molecule has 1 atom stereocenters. The molecule has 0 aliphatic heterocycles. The lowest BCUT2D eigenvalue weighted by atomic mass is 9.84. The molecule has 2 rings (SSSR count). The van der Waals surface area contributed by atoms with E-state index in [2.05, 4.69) is 10.3 Å². The third-order valence-electron chi connectivity index (χ3n) is 3.87. The summed E-state index contributed by atoms with van der Waals surface area (Å²) in [5, 5.41) is 3.31. The van der Waals surface area contributed by atoms with Crippen molar-refractivity contribution in [3.8, 4) is 0 Å². The van der Waals surface area contributed by atoms with Gasteiger partial charge in [0.2, 0.25) is 0 Å². The molecule has 5 nitrogen and oxygen atoms in total. The fraction of sp³-hybridized carbons (Fsp3) is 0.571. The first-order chi connectivity index (χ1) is 9.22. The number of hydrogen-bond acceptors (Lipinski definition) is 4. The van der Waals surface area contributed by atoms with E-state index in [1.807, 2.05) is 0 Å². The Morgan fingerprint density at radius 2 is 2.16 bits per heavy atom. The van der Waals surface area contributed by atoms with Gasteiger partial charge in [-0.15, -0.1) is 0 Å². The summed E-state index contributed by atoms with van der Waals surface area (Å²) in [6.45, 7) is 0.541. The summed E-state index contributed by atoms with van der Waals surface area (Å²) in [6.07, 6.45) is 7.86. The monoisotopic (exact) mass is 262 g/mol. The summed E-state index contributed by atoms with van der Waals surface area (Å²) >= 11 is 0. The molecule has 1 aromatic rings. The average molecular weight is 262 g/mol. The van der Waals surface area contributed by atoms with Crippen LogP contribution in [-0.4, -0.2) is 23.5 Å². The minimum atomic E-state index is -0.463. The molecule has 5 N–H and O–H groups in total. The van der Waals surface area contributed by atoms with Crippen molar-refractivity contribution < 1.29 is 4.79 Å². The van der Waals surface area contributed by atoms with Gasteiger partial charge in [0.25, 0.3) is 5.91 Å². The van der Waals surface area contributed by atoms with Crippen molar-refractivity contribution in [1.29, 1.82) is 0 Å². The largest absolute Gasteiger partial charge is 0.365 e. The quantitative estimate of drug-likeness (QED) is 0.749. The lowest BCUT2D eigenvalue weighted by Gasteiger charge is -2.30. The maximum Gasteiger partial charge on any atom is 0.252 e. The predicted molar refractivity (Wildman–Crippen MR) is 75.8 cm³/mol. The van der Waals surface area contributed by atoms with Crippen molar-refractivity contribution >= 4 is 11.7 Å². The van der Waals surface area contributed by atoms with Crippen molar-refractivity contribution in [3.63, 3.8) is 0 Å². The summed E-state index contributed by atoms with van der Waals surface area (Å²) in [6, 6.07) is 3.56. The molecule has 0 aromatic carbocycles. The van der Waals surface area contributed by atoms with Crippen molar-refractivity contribution in [1.82, 2.24) is 4.98 Å². The van der Waals surface area contributed by atoms with Gasteiger partial charge in [0.05, 0.1) is 5.56 Å². The second kappa shape index (κ2) is 6.52. The van der Waals surface area contributed by atoms with E-state index < -0.39 is 5.91 Å². The van der Waals surface area contributed by atoms with E-state index in [9.17, 15) is 4.79 Å².